The molecule has 1 heterocycles. The van der Waals surface area contributed by atoms with Crippen LogP contribution in [0.15, 0.2) is 140 Å². The van der Waals surface area contributed by atoms with E-state index in [4.69, 9.17) is 4.74 Å². The van der Waals surface area contributed by atoms with Gasteiger partial charge < -0.3 is 9.64 Å². The summed E-state index contributed by atoms with van der Waals surface area (Å²) in [5.41, 5.74) is 14.3. The maximum absolute atomic E-state index is 7.51. The third-order valence-corrected chi connectivity index (χ3v) is 15.2. The van der Waals surface area contributed by atoms with Gasteiger partial charge in [0.2, 0.25) is 0 Å². The number of hydrogen-bond acceptors (Lipinski definition) is 2. The summed E-state index contributed by atoms with van der Waals surface area (Å²) in [5, 5.41) is 0. The molecule has 6 aromatic rings. The topological polar surface area (TPSA) is 12.5 Å². The van der Waals surface area contributed by atoms with Crippen molar-refractivity contribution in [3.63, 3.8) is 0 Å². The van der Waals surface area contributed by atoms with Gasteiger partial charge in [-0.15, -0.1) is 0 Å². The van der Waals surface area contributed by atoms with E-state index in [-0.39, 0.29) is 16.2 Å². The number of ether oxygens (including phenoxy) is 1. The van der Waals surface area contributed by atoms with Crippen molar-refractivity contribution >= 4 is 17.1 Å². The zero-order valence-electron chi connectivity index (χ0n) is 33.4. The zero-order valence-corrected chi connectivity index (χ0v) is 33.4. The Morgan fingerprint density at radius 2 is 1.04 bits per heavy atom. The average molecular weight is 732 g/mol. The van der Waals surface area contributed by atoms with E-state index in [2.05, 4.69) is 172 Å². The van der Waals surface area contributed by atoms with Crippen molar-refractivity contribution in [3.8, 4) is 33.8 Å². The van der Waals surface area contributed by atoms with Crippen LogP contribution < -0.4 is 9.64 Å². The Kier molecular flexibility index (Phi) is 7.61. The molecule has 6 aliphatic rings. The molecule has 1 spiro atoms. The summed E-state index contributed by atoms with van der Waals surface area (Å²) < 4.78 is 7.51. The van der Waals surface area contributed by atoms with E-state index < -0.39 is 0 Å². The van der Waals surface area contributed by atoms with Gasteiger partial charge in [0.15, 0.2) is 5.75 Å². The molecular weight excluding hydrogens is 679 g/mol. The highest BCUT2D eigenvalue weighted by Gasteiger charge is 2.61. The third kappa shape index (κ3) is 5.07. The molecule has 0 N–H and O–H groups in total. The predicted molar refractivity (Wildman–Crippen MR) is 232 cm³/mol. The summed E-state index contributed by atoms with van der Waals surface area (Å²) in [5.74, 6) is 5.09. The highest BCUT2D eigenvalue weighted by molar-refractivity contribution is 5.86. The number of benzene rings is 6. The van der Waals surface area contributed by atoms with Gasteiger partial charge in [0.05, 0.1) is 11.4 Å². The molecular formula is C54H53NO. The van der Waals surface area contributed by atoms with Crippen molar-refractivity contribution in [1.29, 1.82) is 0 Å². The van der Waals surface area contributed by atoms with Gasteiger partial charge >= 0.3 is 0 Å². The summed E-state index contributed by atoms with van der Waals surface area (Å²) in [6.07, 6.45) is 9.09. The fourth-order valence-corrected chi connectivity index (χ4v) is 12.7. The Morgan fingerprint density at radius 3 is 1.70 bits per heavy atom. The van der Waals surface area contributed by atoms with Gasteiger partial charge in [0, 0.05) is 22.2 Å². The van der Waals surface area contributed by atoms with Gasteiger partial charge in [-0.05, 0) is 143 Å². The molecule has 6 aromatic carbocycles. The molecule has 1 aliphatic heterocycles. The second-order valence-electron chi connectivity index (χ2n) is 19.2. The fraction of sp³-hybridized carbons (Fsp3) is 0.333. The molecule has 5 aliphatic carbocycles. The van der Waals surface area contributed by atoms with Crippen molar-refractivity contribution in [3.05, 3.63) is 162 Å². The van der Waals surface area contributed by atoms with Gasteiger partial charge in [-0.1, -0.05) is 137 Å². The van der Waals surface area contributed by atoms with E-state index in [0.717, 1.165) is 41.1 Å². The molecule has 4 fully saturated rings. The lowest BCUT2D eigenvalue weighted by atomic mass is 9.41. The Labute approximate surface area is 333 Å². The van der Waals surface area contributed by atoms with E-state index >= 15 is 0 Å². The minimum Gasteiger partial charge on any atom is -0.454 e. The maximum atomic E-state index is 7.51. The van der Waals surface area contributed by atoms with Crippen molar-refractivity contribution in [2.75, 3.05) is 4.90 Å². The smallest absolute Gasteiger partial charge is 0.155 e. The SMILES string of the molecule is CC1(C)CCC(C)(C)c2c(N(c3ccc(-c4ccccc4)cc3)c3cccc4c3Oc3cc(-c5ccccc5)ccc3C43C4CC5CC(C4)CC3C5)cccc21. The van der Waals surface area contributed by atoms with E-state index in [1.54, 1.807) is 0 Å². The van der Waals surface area contributed by atoms with Crippen LogP contribution >= 0.6 is 0 Å². The number of para-hydroxylation sites is 1. The van der Waals surface area contributed by atoms with E-state index in [9.17, 15) is 0 Å². The minimum atomic E-state index is -0.0538. The van der Waals surface area contributed by atoms with Crippen LogP contribution in [0.4, 0.5) is 17.1 Å². The molecule has 56 heavy (non-hydrogen) atoms. The van der Waals surface area contributed by atoms with Crippen LogP contribution in [0, 0.1) is 23.7 Å². The lowest BCUT2D eigenvalue weighted by Gasteiger charge is -2.63. The standard InChI is InChI=1S/C54H53NO/c1-52(2)27-28-53(3,4)50-45(52)17-11-19-47(50)55(43-24-21-39(22-25-43)37-13-7-5-8-14-37)48-20-12-18-46-51(48)56-49-34-40(38-15-9-6-10-16-38)23-26-44(49)54(46)41-30-35-29-36(32-41)33-42(54)31-35/h5-26,34-36,41-42H,27-33H2,1-4H3. The van der Waals surface area contributed by atoms with Crippen molar-refractivity contribution in [2.24, 2.45) is 23.7 Å². The Balaban J connectivity index is 1.16. The Bertz CT molecular complexity index is 2430. The molecule has 0 radical (unpaired) electrons. The van der Waals surface area contributed by atoms with Crippen LogP contribution in [-0.4, -0.2) is 0 Å². The molecule has 0 aromatic heterocycles. The Hall–Kier alpha value is -5.08. The predicted octanol–water partition coefficient (Wildman–Crippen LogP) is 14.7. The highest BCUT2D eigenvalue weighted by Crippen LogP contribution is 2.70. The summed E-state index contributed by atoms with van der Waals surface area (Å²) in [4.78, 5) is 2.57. The maximum Gasteiger partial charge on any atom is 0.155 e. The molecule has 4 bridgehead atoms. The summed E-state index contributed by atoms with van der Waals surface area (Å²) in [6.45, 7) is 9.80. The Morgan fingerprint density at radius 1 is 0.482 bits per heavy atom. The van der Waals surface area contributed by atoms with Gasteiger partial charge in [-0.2, -0.15) is 0 Å². The van der Waals surface area contributed by atoms with E-state index in [1.807, 2.05) is 0 Å². The van der Waals surface area contributed by atoms with Crippen molar-refractivity contribution in [2.45, 2.75) is 88.9 Å². The second kappa shape index (κ2) is 12.5. The monoisotopic (exact) mass is 731 g/mol. The first-order valence-corrected chi connectivity index (χ1v) is 21.3. The van der Waals surface area contributed by atoms with Crippen LogP contribution in [0.1, 0.15) is 94.9 Å². The third-order valence-electron chi connectivity index (χ3n) is 15.2. The van der Waals surface area contributed by atoms with Gasteiger partial charge in [0.25, 0.3) is 0 Å². The van der Waals surface area contributed by atoms with E-state index in [0.29, 0.717) is 11.8 Å². The molecule has 2 nitrogen and oxygen atoms in total. The van der Waals surface area contributed by atoms with Gasteiger partial charge in [-0.3, -0.25) is 0 Å². The minimum absolute atomic E-state index is 0.0131. The summed E-state index contributed by atoms with van der Waals surface area (Å²) in [7, 11) is 0. The molecule has 0 amide bonds. The molecule has 0 unspecified atom stereocenters. The molecule has 2 heteroatoms. The summed E-state index contributed by atoms with van der Waals surface area (Å²) in [6, 6.07) is 52.4. The molecule has 0 atom stereocenters. The van der Waals surface area contributed by atoms with Crippen LogP contribution in [0.2, 0.25) is 0 Å². The van der Waals surface area contributed by atoms with Crippen molar-refractivity contribution in [1.82, 2.24) is 0 Å². The number of anilines is 3. The van der Waals surface area contributed by atoms with Gasteiger partial charge in [-0.25, -0.2) is 0 Å². The second-order valence-corrected chi connectivity index (χ2v) is 19.2. The normalized spacial score (nSPS) is 25.9. The average Bonchev–Trinajstić information content (AvgIpc) is 3.22. The molecule has 0 saturated heterocycles. The number of hydrogen-bond donors (Lipinski definition) is 0. The van der Waals surface area contributed by atoms with Crippen molar-refractivity contribution < 1.29 is 4.74 Å². The summed E-state index contributed by atoms with van der Waals surface area (Å²) >= 11 is 0. The van der Waals surface area contributed by atoms with E-state index in [1.165, 1.54) is 88.7 Å². The first-order chi connectivity index (χ1) is 27.2. The quantitative estimate of drug-likeness (QED) is 0.175. The number of fused-ring (bicyclic) bond motifs is 3. The highest BCUT2D eigenvalue weighted by atomic mass is 16.5. The first kappa shape index (κ1) is 34.2. The van der Waals surface area contributed by atoms with Crippen LogP contribution in [-0.2, 0) is 16.2 Å². The lowest BCUT2D eigenvalue weighted by molar-refractivity contribution is -0.0451. The molecule has 280 valence electrons. The zero-order chi connectivity index (χ0) is 37.8. The lowest BCUT2D eigenvalue weighted by Crippen LogP contribution is -2.57. The van der Waals surface area contributed by atoms with Crippen LogP contribution in [0.5, 0.6) is 11.5 Å². The number of nitrogens with zero attached hydrogens (tertiary/aromatic N) is 1. The van der Waals surface area contributed by atoms with Crippen LogP contribution in [0.3, 0.4) is 0 Å². The largest absolute Gasteiger partial charge is 0.454 e. The molecule has 4 saturated carbocycles. The first-order valence-electron chi connectivity index (χ1n) is 21.3. The number of rotatable bonds is 5. The van der Waals surface area contributed by atoms with Gasteiger partial charge in [0.1, 0.15) is 5.75 Å². The van der Waals surface area contributed by atoms with Crippen LogP contribution in [0.25, 0.3) is 22.3 Å². The fourth-order valence-electron chi connectivity index (χ4n) is 12.7. The molecule has 12 rings (SSSR count).